The number of halogens is 1. The molecule has 1 aliphatic rings. The minimum Gasteiger partial charge on any atom is -0.384 e. The molecule has 3 rings (SSSR count). The van der Waals surface area contributed by atoms with Gasteiger partial charge in [0.15, 0.2) is 0 Å². The Balaban J connectivity index is 1.79. The third kappa shape index (κ3) is 3.64. The number of piperidine rings is 1. The van der Waals surface area contributed by atoms with Crippen molar-refractivity contribution >= 4 is 17.5 Å². The van der Waals surface area contributed by atoms with Crippen LogP contribution in [0.4, 0.5) is 21.8 Å². The van der Waals surface area contributed by atoms with Crippen LogP contribution in [-0.2, 0) is 0 Å². The second-order valence-corrected chi connectivity index (χ2v) is 6.33. The van der Waals surface area contributed by atoms with Gasteiger partial charge in [-0.1, -0.05) is 6.92 Å². The largest absolute Gasteiger partial charge is 0.384 e. The smallest absolute Gasteiger partial charge is 0.229 e. The number of anilines is 3. The van der Waals surface area contributed by atoms with Crippen LogP contribution in [0.15, 0.2) is 24.4 Å². The standard InChI is InChI=1S/C18H24FN5/c1-3-24-8-5-13(6-9-24)14-11-15(19)16(10-12(14)2)22-18-21-7-4-17(20)23-18/h4,7,10-11,13H,3,5-6,8-9H2,1-2H3,(H3,20,21,22,23). The summed E-state index contributed by atoms with van der Waals surface area (Å²) in [5.41, 5.74) is 8.23. The first-order chi connectivity index (χ1) is 11.6. The number of hydrogen-bond acceptors (Lipinski definition) is 5. The molecule has 0 spiro atoms. The van der Waals surface area contributed by atoms with Crippen molar-refractivity contribution in [1.29, 1.82) is 0 Å². The molecule has 1 aromatic heterocycles. The first-order valence-electron chi connectivity index (χ1n) is 8.44. The van der Waals surface area contributed by atoms with Crippen molar-refractivity contribution in [2.45, 2.75) is 32.6 Å². The van der Waals surface area contributed by atoms with E-state index in [2.05, 4.69) is 27.1 Å². The van der Waals surface area contributed by atoms with Crippen molar-refractivity contribution in [3.63, 3.8) is 0 Å². The molecule has 128 valence electrons. The lowest BCUT2D eigenvalue weighted by Gasteiger charge is -2.32. The minimum absolute atomic E-state index is 0.278. The zero-order valence-corrected chi connectivity index (χ0v) is 14.2. The Labute approximate surface area is 142 Å². The fourth-order valence-corrected chi connectivity index (χ4v) is 3.35. The molecule has 24 heavy (non-hydrogen) atoms. The van der Waals surface area contributed by atoms with Gasteiger partial charge in [-0.05, 0) is 74.6 Å². The van der Waals surface area contributed by atoms with E-state index < -0.39 is 0 Å². The lowest BCUT2D eigenvalue weighted by Crippen LogP contribution is -2.32. The zero-order valence-electron chi connectivity index (χ0n) is 14.2. The summed E-state index contributed by atoms with van der Waals surface area (Å²) in [4.78, 5) is 10.6. The molecule has 0 atom stereocenters. The molecule has 0 aliphatic carbocycles. The Morgan fingerprint density at radius 1 is 1.33 bits per heavy atom. The second-order valence-electron chi connectivity index (χ2n) is 6.33. The first-order valence-corrected chi connectivity index (χ1v) is 8.44. The average Bonchev–Trinajstić information content (AvgIpc) is 2.58. The number of nitrogens with one attached hydrogen (secondary N) is 1. The van der Waals surface area contributed by atoms with Crippen molar-refractivity contribution in [3.05, 3.63) is 41.3 Å². The van der Waals surface area contributed by atoms with Crippen molar-refractivity contribution < 1.29 is 4.39 Å². The third-order valence-electron chi connectivity index (χ3n) is 4.75. The molecule has 2 aromatic rings. The van der Waals surface area contributed by atoms with Crippen LogP contribution in [0.5, 0.6) is 0 Å². The number of benzene rings is 1. The number of hydrogen-bond donors (Lipinski definition) is 2. The van der Waals surface area contributed by atoms with E-state index in [0.29, 0.717) is 23.4 Å². The van der Waals surface area contributed by atoms with Crippen LogP contribution in [0.25, 0.3) is 0 Å². The van der Waals surface area contributed by atoms with Crippen LogP contribution in [0.2, 0.25) is 0 Å². The summed E-state index contributed by atoms with van der Waals surface area (Å²) in [6.45, 7) is 7.47. The molecule has 3 N–H and O–H groups in total. The van der Waals surface area contributed by atoms with Gasteiger partial charge >= 0.3 is 0 Å². The van der Waals surface area contributed by atoms with Gasteiger partial charge < -0.3 is 16.0 Å². The van der Waals surface area contributed by atoms with Gasteiger partial charge in [-0.2, -0.15) is 4.98 Å². The number of nitrogens with two attached hydrogens (primary N) is 1. The van der Waals surface area contributed by atoms with Crippen molar-refractivity contribution in [3.8, 4) is 0 Å². The van der Waals surface area contributed by atoms with Crippen LogP contribution < -0.4 is 11.1 Å². The van der Waals surface area contributed by atoms with Crippen LogP contribution >= 0.6 is 0 Å². The molecule has 6 heteroatoms. The van der Waals surface area contributed by atoms with Crippen LogP contribution in [0, 0.1) is 12.7 Å². The number of likely N-dealkylation sites (tertiary alicyclic amines) is 1. The molecular weight excluding hydrogens is 305 g/mol. The summed E-state index contributed by atoms with van der Waals surface area (Å²) < 4.78 is 14.6. The Morgan fingerprint density at radius 3 is 2.75 bits per heavy atom. The highest BCUT2D eigenvalue weighted by Gasteiger charge is 2.22. The van der Waals surface area contributed by atoms with E-state index in [1.807, 2.05) is 13.0 Å². The maximum absolute atomic E-state index is 14.6. The molecular formula is C18H24FN5. The quantitative estimate of drug-likeness (QED) is 0.899. The zero-order chi connectivity index (χ0) is 17.1. The maximum Gasteiger partial charge on any atom is 0.229 e. The molecule has 1 saturated heterocycles. The highest BCUT2D eigenvalue weighted by Crippen LogP contribution is 2.33. The number of aromatic nitrogens is 2. The molecule has 1 fully saturated rings. The lowest BCUT2D eigenvalue weighted by atomic mass is 9.86. The SMILES string of the molecule is CCN1CCC(c2cc(F)c(Nc3nccc(N)n3)cc2C)CC1. The molecule has 0 bridgehead atoms. The highest BCUT2D eigenvalue weighted by molar-refractivity contribution is 5.58. The van der Waals surface area contributed by atoms with E-state index in [1.54, 1.807) is 18.3 Å². The Bertz CT molecular complexity index is 711. The van der Waals surface area contributed by atoms with Gasteiger partial charge in [0.2, 0.25) is 5.95 Å². The van der Waals surface area contributed by atoms with Crippen molar-refractivity contribution in [1.82, 2.24) is 14.9 Å². The number of rotatable bonds is 4. The van der Waals surface area contributed by atoms with E-state index in [4.69, 9.17) is 5.73 Å². The monoisotopic (exact) mass is 329 g/mol. The summed E-state index contributed by atoms with van der Waals surface area (Å²) >= 11 is 0. The fourth-order valence-electron chi connectivity index (χ4n) is 3.35. The van der Waals surface area contributed by atoms with E-state index in [1.165, 1.54) is 0 Å². The maximum atomic E-state index is 14.6. The molecule has 0 amide bonds. The second kappa shape index (κ2) is 7.13. The molecule has 5 nitrogen and oxygen atoms in total. The van der Waals surface area contributed by atoms with E-state index in [-0.39, 0.29) is 5.82 Å². The molecule has 0 unspecified atom stereocenters. The Hall–Kier alpha value is -2.21. The van der Waals surface area contributed by atoms with Gasteiger partial charge in [0.05, 0.1) is 5.69 Å². The average molecular weight is 329 g/mol. The van der Waals surface area contributed by atoms with Gasteiger partial charge in [0.1, 0.15) is 11.6 Å². The van der Waals surface area contributed by atoms with Gasteiger partial charge in [-0.25, -0.2) is 9.37 Å². The molecule has 0 saturated carbocycles. The summed E-state index contributed by atoms with van der Waals surface area (Å²) in [6, 6.07) is 5.10. The van der Waals surface area contributed by atoms with Gasteiger partial charge in [0, 0.05) is 6.20 Å². The van der Waals surface area contributed by atoms with Crippen molar-refractivity contribution in [2.75, 3.05) is 30.7 Å². The predicted octanol–water partition coefficient (Wildman–Crippen LogP) is 3.45. The van der Waals surface area contributed by atoms with E-state index in [0.717, 1.165) is 43.6 Å². The summed E-state index contributed by atoms with van der Waals surface area (Å²) in [5, 5.41) is 2.91. The fraction of sp³-hybridized carbons (Fsp3) is 0.444. The number of aryl methyl sites for hydroxylation is 1. The van der Waals surface area contributed by atoms with Gasteiger partial charge in [-0.15, -0.1) is 0 Å². The topological polar surface area (TPSA) is 67.1 Å². The number of nitrogen functional groups attached to an aromatic ring is 1. The summed E-state index contributed by atoms with van der Waals surface area (Å²) in [7, 11) is 0. The molecule has 1 aliphatic heterocycles. The Morgan fingerprint density at radius 2 is 2.08 bits per heavy atom. The molecule has 0 radical (unpaired) electrons. The third-order valence-corrected chi connectivity index (χ3v) is 4.75. The molecule has 1 aromatic carbocycles. The Kier molecular flexibility index (Phi) is 4.94. The van der Waals surface area contributed by atoms with Crippen molar-refractivity contribution in [2.24, 2.45) is 0 Å². The van der Waals surface area contributed by atoms with Crippen LogP contribution in [0.1, 0.15) is 36.8 Å². The number of nitrogens with zero attached hydrogens (tertiary/aromatic N) is 3. The lowest BCUT2D eigenvalue weighted by molar-refractivity contribution is 0.222. The summed E-state index contributed by atoms with van der Waals surface area (Å²) in [5.74, 6) is 0.806. The minimum atomic E-state index is -0.278. The van der Waals surface area contributed by atoms with Crippen LogP contribution in [0.3, 0.4) is 0 Å². The molecule has 2 heterocycles. The highest BCUT2D eigenvalue weighted by atomic mass is 19.1. The predicted molar refractivity (Wildman–Crippen MR) is 95.0 cm³/mol. The summed E-state index contributed by atoms with van der Waals surface area (Å²) in [6.07, 6.45) is 3.71. The van der Waals surface area contributed by atoms with Gasteiger partial charge in [-0.3, -0.25) is 0 Å². The van der Waals surface area contributed by atoms with Crippen LogP contribution in [-0.4, -0.2) is 34.5 Å². The first kappa shape index (κ1) is 16.6. The van der Waals surface area contributed by atoms with E-state index in [9.17, 15) is 4.39 Å². The van der Waals surface area contributed by atoms with Gasteiger partial charge in [0.25, 0.3) is 0 Å². The van der Waals surface area contributed by atoms with E-state index >= 15 is 0 Å². The normalized spacial score (nSPS) is 16.3.